The number of aromatic nitrogens is 1. The highest BCUT2D eigenvalue weighted by atomic mass is 35.5. The van der Waals surface area contributed by atoms with Gasteiger partial charge in [-0.05, 0) is 30.5 Å². The molecule has 23 heavy (non-hydrogen) atoms. The normalized spacial score (nSPS) is 12.3. The molecule has 2 aromatic rings. The van der Waals surface area contributed by atoms with Crippen molar-refractivity contribution >= 4 is 39.8 Å². The molecule has 1 heterocycles. The number of amides is 1. The molecule has 6 heteroatoms. The highest BCUT2D eigenvalue weighted by Crippen LogP contribution is 2.29. The van der Waals surface area contributed by atoms with Crippen molar-refractivity contribution in [1.29, 1.82) is 0 Å². The number of ketones is 1. The largest absolute Gasteiger partial charge is 0.301 e. The van der Waals surface area contributed by atoms with Crippen LogP contribution in [0, 0.1) is 12.8 Å². The number of rotatable bonds is 5. The maximum absolute atomic E-state index is 12.7. The summed E-state index contributed by atoms with van der Waals surface area (Å²) in [6, 6.07) is 7.28. The van der Waals surface area contributed by atoms with Gasteiger partial charge >= 0.3 is 0 Å². The first-order valence-electron chi connectivity index (χ1n) is 7.34. The van der Waals surface area contributed by atoms with Gasteiger partial charge < -0.3 is 5.32 Å². The van der Waals surface area contributed by atoms with Crippen LogP contribution in [-0.4, -0.2) is 16.7 Å². The number of carbonyl (C=O) groups excluding carboxylic acids is 2. The second-order valence-corrected chi connectivity index (χ2v) is 7.19. The van der Waals surface area contributed by atoms with Gasteiger partial charge in [-0.2, -0.15) is 0 Å². The van der Waals surface area contributed by atoms with Crippen molar-refractivity contribution in [3.63, 3.8) is 0 Å². The molecule has 1 N–H and O–H groups in total. The molecule has 0 saturated carbocycles. The summed E-state index contributed by atoms with van der Waals surface area (Å²) in [5, 5.41) is 3.93. The summed E-state index contributed by atoms with van der Waals surface area (Å²) in [6.07, 6.45) is 0. The number of benzene rings is 1. The molecule has 1 atom stereocenters. The summed E-state index contributed by atoms with van der Waals surface area (Å²) in [5.41, 5.74) is 1.55. The highest BCUT2D eigenvalue weighted by molar-refractivity contribution is 7.17. The Morgan fingerprint density at radius 1 is 1.22 bits per heavy atom. The monoisotopic (exact) mass is 350 g/mol. The van der Waals surface area contributed by atoms with E-state index >= 15 is 0 Å². The van der Waals surface area contributed by atoms with Crippen molar-refractivity contribution in [2.75, 3.05) is 5.32 Å². The SMILES string of the molecule is CC(=O)c1sc(NC(=O)[C@H](c2ccc(Cl)cc2)C(C)C)nc1C. The zero-order valence-corrected chi connectivity index (χ0v) is 15.1. The minimum atomic E-state index is -0.308. The first-order chi connectivity index (χ1) is 10.8. The van der Waals surface area contributed by atoms with Crippen molar-refractivity contribution in [1.82, 2.24) is 4.98 Å². The number of aryl methyl sites for hydroxylation is 1. The maximum Gasteiger partial charge on any atom is 0.233 e. The van der Waals surface area contributed by atoms with E-state index in [-0.39, 0.29) is 23.5 Å². The molecule has 0 fully saturated rings. The molecule has 1 aromatic carbocycles. The van der Waals surface area contributed by atoms with Crippen molar-refractivity contribution < 1.29 is 9.59 Å². The van der Waals surface area contributed by atoms with Gasteiger partial charge in [-0.25, -0.2) is 4.98 Å². The van der Waals surface area contributed by atoms with Crippen LogP contribution in [0.4, 0.5) is 5.13 Å². The van der Waals surface area contributed by atoms with Crippen LogP contribution in [0.5, 0.6) is 0 Å². The Labute approximate surface area is 144 Å². The Kier molecular flexibility index (Phi) is 5.55. The topological polar surface area (TPSA) is 59.1 Å². The number of anilines is 1. The lowest BCUT2D eigenvalue weighted by Gasteiger charge is -2.20. The fourth-order valence-electron chi connectivity index (χ4n) is 2.47. The van der Waals surface area contributed by atoms with Gasteiger partial charge in [0.2, 0.25) is 5.91 Å². The number of hydrogen-bond donors (Lipinski definition) is 1. The molecule has 4 nitrogen and oxygen atoms in total. The zero-order chi connectivity index (χ0) is 17.1. The molecule has 0 aliphatic rings. The van der Waals surface area contributed by atoms with Gasteiger partial charge in [-0.3, -0.25) is 9.59 Å². The zero-order valence-electron chi connectivity index (χ0n) is 13.5. The molecular formula is C17H19ClN2O2S. The van der Waals surface area contributed by atoms with Crippen molar-refractivity contribution in [2.24, 2.45) is 5.92 Å². The Morgan fingerprint density at radius 3 is 2.30 bits per heavy atom. The lowest BCUT2D eigenvalue weighted by atomic mass is 9.88. The van der Waals surface area contributed by atoms with Gasteiger partial charge in [0.1, 0.15) is 0 Å². The number of thiazole rings is 1. The summed E-state index contributed by atoms with van der Waals surface area (Å²) in [5.74, 6) is -0.369. The number of Topliss-reactive ketones (excluding diaryl/α,β-unsaturated/α-hetero) is 1. The van der Waals surface area contributed by atoms with Crippen LogP contribution in [0.15, 0.2) is 24.3 Å². The van der Waals surface area contributed by atoms with Crippen LogP contribution in [0.2, 0.25) is 5.02 Å². The Balaban J connectivity index is 2.23. The Morgan fingerprint density at radius 2 is 1.83 bits per heavy atom. The van der Waals surface area contributed by atoms with Gasteiger partial charge in [0.05, 0.1) is 16.5 Å². The van der Waals surface area contributed by atoms with Crippen LogP contribution in [-0.2, 0) is 4.79 Å². The summed E-state index contributed by atoms with van der Waals surface area (Å²) in [6.45, 7) is 7.25. The van der Waals surface area contributed by atoms with Gasteiger partial charge in [0, 0.05) is 11.9 Å². The first-order valence-corrected chi connectivity index (χ1v) is 8.53. The van der Waals surface area contributed by atoms with Crippen LogP contribution in [0.1, 0.15) is 47.6 Å². The number of halogens is 1. The van der Waals surface area contributed by atoms with Gasteiger partial charge in [-0.15, -0.1) is 0 Å². The predicted molar refractivity (Wildman–Crippen MR) is 94.5 cm³/mol. The Hall–Kier alpha value is -1.72. The number of nitrogens with zero attached hydrogens (tertiary/aromatic N) is 1. The molecule has 122 valence electrons. The third-order valence-corrected chi connectivity index (χ3v) is 4.95. The number of carbonyl (C=O) groups is 2. The molecule has 0 aliphatic heterocycles. The third kappa shape index (κ3) is 4.18. The van der Waals surface area contributed by atoms with Crippen molar-refractivity contribution in [3.05, 3.63) is 45.4 Å². The van der Waals surface area contributed by atoms with Gasteiger partial charge in [0.15, 0.2) is 10.9 Å². The summed E-state index contributed by atoms with van der Waals surface area (Å²) < 4.78 is 0. The van der Waals surface area contributed by atoms with Crippen molar-refractivity contribution in [3.8, 4) is 0 Å². The van der Waals surface area contributed by atoms with Crippen LogP contribution in [0.3, 0.4) is 0 Å². The average Bonchev–Trinajstić information content (AvgIpc) is 2.81. The second-order valence-electron chi connectivity index (χ2n) is 5.75. The van der Waals surface area contributed by atoms with E-state index in [4.69, 9.17) is 11.6 Å². The van der Waals surface area contributed by atoms with E-state index in [1.165, 1.54) is 18.3 Å². The lowest BCUT2D eigenvalue weighted by molar-refractivity contribution is -0.118. The van der Waals surface area contributed by atoms with E-state index < -0.39 is 0 Å². The fraction of sp³-hybridized carbons (Fsp3) is 0.353. The van der Waals surface area contributed by atoms with Crippen LogP contribution >= 0.6 is 22.9 Å². The molecule has 0 aliphatic carbocycles. The van der Waals surface area contributed by atoms with E-state index in [0.717, 1.165) is 5.56 Å². The lowest BCUT2D eigenvalue weighted by Crippen LogP contribution is -2.25. The predicted octanol–water partition coefficient (Wildman–Crippen LogP) is 4.69. The van der Waals surface area contributed by atoms with E-state index in [1.54, 1.807) is 19.1 Å². The molecule has 2 rings (SSSR count). The molecule has 1 aromatic heterocycles. The van der Waals surface area contributed by atoms with E-state index in [1.807, 2.05) is 26.0 Å². The summed E-state index contributed by atoms with van der Waals surface area (Å²) in [7, 11) is 0. The molecule has 0 saturated heterocycles. The molecule has 1 amide bonds. The van der Waals surface area contributed by atoms with Gasteiger partial charge in [0.25, 0.3) is 0 Å². The van der Waals surface area contributed by atoms with Crippen molar-refractivity contribution in [2.45, 2.75) is 33.6 Å². The minimum absolute atomic E-state index is 0.0430. The molecule has 0 radical (unpaired) electrons. The maximum atomic E-state index is 12.7. The molecule has 0 unspecified atom stereocenters. The Bertz CT molecular complexity index is 723. The quantitative estimate of drug-likeness (QED) is 0.796. The summed E-state index contributed by atoms with van der Waals surface area (Å²) >= 11 is 7.12. The van der Waals surface area contributed by atoms with Gasteiger partial charge in [-0.1, -0.05) is 48.9 Å². The number of nitrogens with one attached hydrogen (secondary N) is 1. The fourth-order valence-corrected chi connectivity index (χ4v) is 3.46. The smallest absolute Gasteiger partial charge is 0.233 e. The molecule has 0 spiro atoms. The second kappa shape index (κ2) is 7.23. The van der Waals surface area contributed by atoms with E-state index in [0.29, 0.717) is 20.7 Å². The number of hydrogen-bond acceptors (Lipinski definition) is 4. The van der Waals surface area contributed by atoms with E-state index in [2.05, 4.69) is 10.3 Å². The standard InChI is InChI=1S/C17H19ClN2O2S/c1-9(2)14(12-5-7-13(18)8-6-12)16(22)20-17-19-10(3)15(23-17)11(4)21/h5-9,14H,1-4H3,(H,19,20,22)/t14-/m0/s1. The minimum Gasteiger partial charge on any atom is -0.301 e. The average molecular weight is 351 g/mol. The highest BCUT2D eigenvalue weighted by Gasteiger charge is 2.25. The first kappa shape index (κ1) is 17.6. The molecule has 0 bridgehead atoms. The van der Waals surface area contributed by atoms with Crippen LogP contribution in [0.25, 0.3) is 0 Å². The molecular weight excluding hydrogens is 332 g/mol. The third-order valence-electron chi connectivity index (χ3n) is 3.52. The van der Waals surface area contributed by atoms with E-state index in [9.17, 15) is 9.59 Å². The van der Waals surface area contributed by atoms with Crippen LogP contribution < -0.4 is 5.32 Å². The summed E-state index contributed by atoms with van der Waals surface area (Å²) in [4.78, 5) is 29.0.